The first-order valence-corrected chi connectivity index (χ1v) is 11.9. The highest BCUT2D eigenvalue weighted by molar-refractivity contribution is 9.10. The quantitative estimate of drug-likeness (QED) is 0.479. The van der Waals surface area contributed by atoms with Crippen LogP contribution in [0.1, 0.15) is 5.56 Å². The topological polar surface area (TPSA) is 75.7 Å². The minimum absolute atomic E-state index is 0.0229. The summed E-state index contributed by atoms with van der Waals surface area (Å²) in [5, 5.41) is 2.81. The molecule has 0 aliphatic rings. The van der Waals surface area contributed by atoms with Gasteiger partial charge in [-0.25, -0.2) is 8.42 Å². The van der Waals surface area contributed by atoms with Gasteiger partial charge in [-0.15, -0.1) is 0 Å². The van der Waals surface area contributed by atoms with E-state index in [1.165, 1.54) is 13.2 Å². The first-order chi connectivity index (χ1) is 14.9. The van der Waals surface area contributed by atoms with Gasteiger partial charge in [-0.05, 0) is 42.3 Å². The summed E-state index contributed by atoms with van der Waals surface area (Å²) in [5.41, 5.74) is 1.48. The Morgan fingerprint density at radius 3 is 2.29 bits per heavy atom. The number of benzene rings is 3. The standard InChI is InChI=1S/C23H23BrN2O4S/c1-30-21-13-12-19(24)16-22(21)31(28,29)26(20-10-6-3-7-11-20)17-23(27)25-15-14-18-8-4-2-5-9-18/h2-13,16H,14-15,17H2,1H3,(H,25,27). The molecule has 8 heteroatoms. The van der Waals surface area contributed by atoms with Crippen LogP contribution in [0.3, 0.4) is 0 Å². The highest BCUT2D eigenvalue weighted by Crippen LogP contribution is 2.32. The summed E-state index contributed by atoms with van der Waals surface area (Å²) in [7, 11) is -2.67. The summed E-state index contributed by atoms with van der Waals surface area (Å²) in [4.78, 5) is 12.6. The second-order valence-corrected chi connectivity index (χ2v) is 9.47. The smallest absolute Gasteiger partial charge is 0.268 e. The Labute approximate surface area is 191 Å². The van der Waals surface area contributed by atoms with E-state index in [9.17, 15) is 13.2 Å². The molecule has 0 radical (unpaired) electrons. The van der Waals surface area contributed by atoms with Gasteiger partial charge in [-0.2, -0.15) is 0 Å². The number of nitrogens with one attached hydrogen (secondary N) is 1. The number of hydrogen-bond donors (Lipinski definition) is 1. The lowest BCUT2D eigenvalue weighted by Crippen LogP contribution is -2.41. The van der Waals surface area contributed by atoms with Crippen molar-refractivity contribution in [1.82, 2.24) is 5.32 Å². The van der Waals surface area contributed by atoms with E-state index in [0.29, 0.717) is 23.1 Å². The fourth-order valence-electron chi connectivity index (χ4n) is 3.06. The van der Waals surface area contributed by atoms with Crippen LogP contribution in [0.2, 0.25) is 0 Å². The number of nitrogens with zero attached hydrogens (tertiary/aromatic N) is 1. The Balaban J connectivity index is 1.84. The third-order valence-corrected chi connectivity index (χ3v) is 6.89. The number of hydrogen-bond acceptors (Lipinski definition) is 4. The molecule has 0 unspecified atom stereocenters. The Kier molecular flexibility index (Phi) is 7.70. The molecular weight excluding hydrogens is 480 g/mol. The highest BCUT2D eigenvalue weighted by Gasteiger charge is 2.30. The number of sulfonamides is 1. The van der Waals surface area contributed by atoms with E-state index in [0.717, 1.165) is 9.87 Å². The fourth-order valence-corrected chi connectivity index (χ4v) is 5.18. The monoisotopic (exact) mass is 502 g/mol. The van der Waals surface area contributed by atoms with Crippen molar-refractivity contribution in [3.8, 4) is 5.75 Å². The number of carbonyl (C=O) groups is 1. The number of carbonyl (C=O) groups excluding carboxylic acids is 1. The lowest BCUT2D eigenvalue weighted by Gasteiger charge is -2.25. The van der Waals surface area contributed by atoms with Crippen molar-refractivity contribution >= 4 is 37.5 Å². The van der Waals surface area contributed by atoms with Gasteiger partial charge in [0.25, 0.3) is 10.0 Å². The molecule has 1 N–H and O–H groups in total. The Hall–Kier alpha value is -2.84. The van der Waals surface area contributed by atoms with Crippen LogP contribution in [0.25, 0.3) is 0 Å². The van der Waals surface area contributed by atoms with Crippen LogP contribution >= 0.6 is 15.9 Å². The van der Waals surface area contributed by atoms with Crippen molar-refractivity contribution in [2.75, 3.05) is 24.5 Å². The number of ether oxygens (including phenoxy) is 1. The van der Waals surface area contributed by atoms with E-state index >= 15 is 0 Å². The van der Waals surface area contributed by atoms with Crippen LogP contribution in [0.15, 0.2) is 88.2 Å². The van der Waals surface area contributed by atoms with E-state index in [2.05, 4.69) is 21.2 Å². The van der Waals surface area contributed by atoms with Gasteiger partial charge in [0.15, 0.2) is 0 Å². The van der Waals surface area contributed by atoms with Gasteiger partial charge in [0, 0.05) is 11.0 Å². The average Bonchev–Trinajstić information content (AvgIpc) is 2.78. The molecule has 1 amide bonds. The number of anilines is 1. The predicted octanol–water partition coefficient (Wildman–Crippen LogP) is 4.01. The van der Waals surface area contributed by atoms with Crippen molar-refractivity contribution in [3.05, 3.63) is 88.9 Å². The third-order valence-electron chi connectivity index (χ3n) is 4.60. The molecule has 0 spiro atoms. The summed E-state index contributed by atoms with van der Waals surface area (Å²) in [6.45, 7) is 0.0581. The SMILES string of the molecule is COc1ccc(Br)cc1S(=O)(=O)N(CC(=O)NCCc1ccccc1)c1ccccc1. The zero-order valence-electron chi connectivity index (χ0n) is 17.0. The van der Waals surface area contributed by atoms with E-state index in [4.69, 9.17) is 4.74 Å². The summed E-state index contributed by atoms with van der Waals surface area (Å²) in [5.74, 6) is -0.189. The number of methoxy groups -OCH3 is 1. The molecule has 0 saturated heterocycles. The lowest BCUT2D eigenvalue weighted by molar-refractivity contribution is -0.119. The average molecular weight is 503 g/mol. The Bertz CT molecular complexity index is 1120. The summed E-state index contributed by atoms with van der Waals surface area (Å²) >= 11 is 3.31. The van der Waals surface area contributed by atoms with Crippen LogP contribution < -0.4 is 14.4 Å². The van der Waals surface area contributed by atoms with Gasteiger partial charge in [0.05, 0.1) is 12.8 Å². The molecule has 0 aromatic heterocycles. The summed E-state index contributed by atoms with van der Waals surface area (Å²) in [6.07, 6.45) is 0.657. The molecule has 0 bridgehead atoms. The minimum atomic E-state index is -4.07. The minimum Gasteiger partial charge on any atom is -0.495 e. The number of halogens is 1. The normalized spacial score (nSPS) is 11.0. The van der Waals surface area contributed by atoms with Gasteiger partial charge in [-0.3, -0.25) is 9.10 Å². The number of rotatable bonds is 9. The van der Waals surface area contributed by atoms with Crippen molar-refractivity contribution in [2.24, 2.45) is 0 Å². The number of para-hydroxylation sites is 1. The summed E-state index contributed by atoms with van der Waals surface area (Å²) in [6, 6.07) is 23.0. The molecule has 0 fully saturated rings. The molecule has 3 aromatic rings. The molecule has 3 aromatic carbocycles. The molecule has 0 heterocycles. The van der Waals surface area contributed by atoms with Crippen molar-refractivity contribution in [1.29, 1.82) is 0 Å². The Morgan fingerprint density at radius 2 is 1.65 bits per heavy atom. The third kappa shape index (κ3) is 5.86. The fraction of sp³-hybridized carbons (Fsp3) is 0.174. The lowest BCUT2D eigenvalue weighted by atomic mass is 10.1. The maximum atomic E-state index is 13.5. The zero-order valence-corrected chi connectivity index (χ0v) is 19.4. The van der Waals surface area contributed by atoms with Crippen LogP contribution in [0, 0.1) is 0 Å². The van der Waals surface area contributed by atoms with Crippen LogP contribution in [0.4, 0.5) is 5.69 Å². The van der Waals surface area contributed by atoms with Crippen molar-refractivity contribution < 1.29 is 17.9 Å². The van der Waals surface area contributed by atoms with Crippen molar-refractivity contribution in [3.63, 3.8) is 0 Å². The predicted molar refractivity (Wildman–Crippen MR) is 125 cm³/mol. The molecule has 162 valence electrons. The van der Waals surface area contributed by atoms with Gasteiger partial charge >= 0.3 is 0 Å². The Morgan fingerprint density at radius 1 is 1.00 bits per heavy atom. The van der Waals surface area contributed by atoms with Crippen LogP contribution in [-0.2, 0) is 21.2 Å². The molecule has 6 nitrogen and oxygen atoms in total. The molecule has 3 rings (SSSR count). The maximum absolute atomic E-state index is 13.5. The molecular formula is C23H23BrN2O4S. The molecule has 0 aliphatic carbocycles. The van der Waals surface area contributed by atoms with Crippen LogP contribution in [-0.4, -0.2) is 34.5 Å². The van der Waals surface area contributed by atoms with Crippen LogP contribution in [0.5, 0.6) is 5.75 Å². The van der Waals surface area contributed by atoms with Gasteiger partial charge in [-0.1, -0.05) is 64.5 Å². The molecule has 0 saturated carbocycles. The highest BCUT2D eigenvalue weighted by atomic mass is 79.9. The van der Waals surface area contributed by atoms with E-state index in [-0.39, 0.29) is 17.2 Å². The van der Waals surface area contributed by atoms with E-state index < -0.39 is 15.9 Å². The molecule has 0 atom stereocenters. The summed E-state index contributed by atoms with van der Waals surface area (Å²) < 4.78 is 34.0. The largest absolute Gasteiger partial charge is 0.495 e. The molecule has 31 heavy (non-hydrogen) atoms. The maximum Gasteiger partial charge on any atom is 0.268 e. The number of amides is 1. The zero-order chi connectivity index (χ0) is 22.3. The van der Waals surface area contributed by atoms with Crippen molar-refractivity contribution in [2.45, 2.75) is 11.3 Å². The second kappa shape index (κ2) is 10.5. The first-order valence-electron chi connectivity index (χ1n) is 9.64. The van der Waals surface area contributed by atoms with E-state index in [1.54, 1.807) is 42.5 Å². The van der Waals surface area contributed by atoms with E-state index in [1.807, 2.05) is 30.3 Å². The molecule has 0 aliphatic heterocycles. The van der Waals surface area contributed by atoms with Gasteiger partial charge in [0.2, 0.25) is 5.91 Å². The van der Waals surface area contributed by atoms with Gasteiger partial charge in [0.1, 0.15) is 17.2 Å². The van der Waals surface area contributed by atoms with Gasteiger partial charge < -0.3 is 10.1 Å². The first kappa shape index (κ1) is 22.8. The second-order valence-electron chi connectivity index (χ2n) is 6.73.